The largest absolute Gasteiger partial charge is 0.497 e. The number of carbonyl (C=O) groups is 2. The van der Waals surface area contributed by atoms with Crippen molar-refractivity contribution in [1.82, 2.24) is 4.57 Å². The zero-order valence-electron chi connectivity index (χ0n) is 24.5. The Morgan fingerprint density at radius 2 is 1.77 bits per heavy atom. The Hall–Kier alpha value is -5.16. The van der Waals surface area contributed by atoms with E-state index in [-0.39, 0.29) is 29.9 Å². The average Bonchev–Trinajstić information content (AvgIpc) is 3.33. The lowest BCUT2D eigenvalue weighted by Crippen LogP contribution is -2.40. The Labute approximate surface area is 256 Å². The Morgan fingerprint density at radius 3 is 2.45 bits per heavy atom. The normalized spacial score (nSPS) is 14.5. The number of aromatic nitrogens is 1. The van der Waals surface area contributed by atoms with E-state index in [4.69, 9.17) is 18.9 Å². The summed E-state index contributed by atoms with van der Waals surface area (Å²) in [4.78, 5) is 43.4. The third kappa shape index (κ3) is 6.13. The molecule has 0 unspecified atom stereocenters. The van der Waals surface area contributed by atoms with Gasteiger partial charge in [-0.3, -0.25) is 9.36 Å². The van der Waals surface area contributed by atoms with Crippen LogP contribution in [0.15, 0.2) is 87.8 Å². The van der Waals surface area contributed by atoms with Crippen LogP contribution in [-0.4, -0.2) is 42.4 Å². The second-order valence-corrected chi connectivity index (χ2v) is 10.8. The molecular formula is C33H30N2O8S. The first-order valence-corrected chi connectivity index (χ1v) is 14.5. The molecule has 0 fully saturated rings. The lowest BCUT2D eigenvalue weighted by molar-refractivity contribution is -0.139. The summed E-state index contributed by atoms with van der Waals surface area (Å²) in [5, 5.41) is 9.20. The molecule has 1 aliphatic heterocycles. The van der Waals surface area contributed by atoms with Gasteiger partial charge in [-0.05, 0) is 67.4 Å². The topological polar surface area (TPSA) is 126 Å². The van der Waals surface area contributed by atoms with E-state index in [1.807, 2.05) is 12.1 Å². The first-order chi connectivity index (χ1) is 21.2. The molecule has 10 nitrogen and oxygen atoms in total. The summed E-state index contributed by atoms with van der Waals surface area (Å²) in [5.74, 6) is 0.0494. The number of carbonyl (C=O) groups excluding carboxylic acids is 1. The molecule has 2 heterocycles. The van der Waals surface area contributed by atoms with E-state index >= 15 is 0 Å². The van der Waals surface area contributed by atoms with Gasteiger partial charge in [-0.15, -0.1) is 0 Å². The summed E-state index contributed by atoms with van der Waals surface area (Å²) in [6.45, 7) is 3.82. The van der Waals surface area contributed by atoms with Gasteiger partial charge in [0.2, 0.25) is 0 Å². The number of ether oxygens (including phenoxy) is 4. The van der Waals surface area contributed by atoms with E-state index in [0.29, 0.717) is 37.8 Å². The van der Waals surface area contributed by atoms with Gasteiger partial charge >= 0.3 is 11.9 Å². The highest BCUT2D eigenvalue weighted by atomic mass is 32.1. The number of allylic oxidation sites excluding steroid dienone is 1. The number of nitrogens with zero attached hydrogens (tertiary/aromatic N) is 2. The van der Waals surface area contributed by atoms with Crippen molar-refractivity contribution in [3.05, 3.63) is 120 Å². The molecule has 44 heavy (non-hydrogen) atoms. The third-order valence-corrected chi connectivity index (χ3v) is 7.99. The van der Waals surface area contributed by atoms with Crippen molar-refractivity contribution in [3.63, 3.8) is 0 Å². The maximum atomic E-state index is 13.9. The van der Waals surface area contributed by atoms with Crippen molar-refractivity contribution >= 4 is 29.4 Å². The maximum absolute atomic E-state index is 13.9. The van der Waals surface area contributed by atoms with Gasteiger partial charge in [0.1, 0.15) is 29.9 Å². The van der Waals surface area contributed by atoms with Crippen LogP contribution in [0.4, 0.5) is 0 Å². The van der Waals surface area contributed by atoms with Crippen LogP contribution in [-0.2, 0) is 16.1 Å². The van der Waals surface area contributed by atoms with Crippen LogP contribution in [0.3, 0.4) is 0 Å². The van der Waals surface area contributed by atoms with Gasteiger partial charge in [-0.1, -0.05) is 35.6 Å². The van der Waals surface area contributed by atoms with Crippen molar-refractivity contribution in [2.75, 3.05) is 20.8 Å². The average molecular weight is 615 g/mol. The number of carboxylic acids is 1. The van der Waals surface area contributed by atoms with E-state index in [1.165, 1.54) is 29.1 Å². The summed E-state index contributed by atoms with van der Waals surface area (Å²) >= 11 is 1.22. The van der Waals surface area contributed by atoms with E-state index < -0.39 is 18.0 Å². The van der Waals surface area contributed by atoms with Gasteiger partial charge < -0.3 is 24.1 Å². The van der Waals surface area contributed by atoms with Crippen LogP contribution in [0.25, 0.3) is 6.08 Å². The predicted molar refractivity (Wildman–Crippen MR) is 164 cm³/mol. The molecule has 0 aliphatic carbocycles. The summed E-state index contributed by atoms with van der Waals surface area (Å²) in [7, 11) is 3.06. The van der Waals surface area contributed by atoms with Crippen molar-refractivity contribution in [3.8, 4) is 17.2 Å². The molecule has 4 aromatic rings. The smallest absolute Gasteiger partial charge is 0.338 e. The van der Waals surface area contributed by atoms with E-state index in [9.17, 15) is 19.5 Å². The number of methoxy groups -OCH3 is 2. The van der Waals surface area contributed by atoms with Crippen LogP contribution in [0.5, 0.6) is 17.2 Å². The molecule has 0 spiro atoms. The second kappa shape index (κ2) is 13.0. The van der Waals surface area contributed by atoms with Gasteiger partial charge in [0.05, 0.1) is 42.2 Å². The molecule has 0 saturated heterocycles. The van der Waals surface area contributed by atoms with Crippen LogP contribution >= 0.6 is 11.3 Å². The molecule has 1 N–H and O–H groups in total. The number of esters is 1. The monoisotopic (exact) mass is 614 g/mol. The molecule has 1 aliphatic rings. The fraction of sp³-hybridized carbons (Fsp3) is 0.212. The highest BCUT2D eigenvalue weighted by Gasteiger charge is 2.35. The highest BCUT2D eigenvalue weighted by molar-refractivity contribution is 7.07. The van der Waals surface area contributed by atoms with Crippen molar-refractivity contribution < 1.29 is 33.6 Å². The fourth-order valence-electron chi connectivity index (χ4n) is 4.90. The van der Waals surface area contributed by atoms with Crippen molar-refractivity contribution in [1.29, 1.82) is 0 Å². The van der Waals surface area contributed by atoms with Crippen molar-refractivity contribution in [2.24, 2.45) is 4.99 Å². The molecule has 1 atom stereocenters. The molecular weight excluding hydrogens is 584 g/mol. The zero-order valence-corrected chi connectivity index (χ0v) is 25.3. The van der Waals surface area contributed by atoms with Crippen LogP contribution < -0.4 is 29.1 Å². The van der Waals surface area contributed by atoms with Crippen LogP contribution in [0.1, 0.15) is 46.9 Å². The number of thiazole rings is 1. The van der Waals surface area contributed by atoms with Crippen molar-refractivity contribution in [2.45, 2.75) is 26.5 Å². The second-order valence-electron chi connectivity index (χ2n) is 9.77. The van der Waals surface area contributed by atoms with E-state index in [1.54, 1.807) is 75.6 Å². The number of hydrogen-bond acceptors (Lipinski definition) is 9. The standard InChI is InChI=1S/C33H30N2O8S/c1-5-42-32(39)28-19(2)34-33-35(29(28)25-14-13-24(40-3)17-26(25)41-4)30(36)27(44-33)16-20-9-11-23(12-10-20)43-18-21-7-6-8-22(15-21)31(37)38/h6-17,29H,5,18H2,1-4H3,(H,37,38)/b27-16-/t29-/m0/s1. The molecule has 1 aromatic heterocycles. The Balaban J connectivity index is 1.50. The number of rotatable bonds is 10. The van der Waals surface area contributed by atoms with Gasteiger partial charge in [0.25, 0.3) is 5.56 Å². The van der Waals surface area contributed by atoms with Gasteiger partial charge in [0, 0.05) is 11.6 Å². The number of hydrogen-bond donors (Lipinski definition) is 1. The minimum Gasteiger partial charge on any atom is -0.497 e. The number of fused-ring (bicyclic) bond motifs is 1. The summed E-state index contributed by atoms with van der Waals surface area (Å²) in [6.07, 6.45) is 1.76. The van der Waals surface area contributed by atoms with E-state index in [0.717, 1.165) is 11.1 Å². The first kappa shape index (κ1) is 30.3. The summed E-state index contributed by atoms with van der Waals surface area (Å²) in [6, 6.07) is 18.2. The van der Waals surface area contributed by atoms with Gasteiger partial charge in [0.15, 0.2) is 4.80 Å². The molecule has 0 radical (unpaired) electrons. The first-order valence-electron chi connectivity index (χ1n) is 13.7. The lowest BCUT2D eigenvalue weighted by atomic mass is 9.95. The summed E-state index contributed by atoms with van der Waals surface area (Å²) < 4.78 is 24.1. The maximum Gasteiger partial charge on any atom is 0.338 e. The molecule has 3 aromatic carbocycles. The quantitative estimate of drug-likeness (QED) is 0.265. The summed E-state index contributed by atoms with van der Waals surface area (Å²) in [5.41, 5.74) is 2.67. The molecule has 0 amide bonds. The molecule has 226 valence electrons. The minimum atomic E-state index is -0.997. The fourth-order valence-corrected chi connectivity index (χ4v) is 5.95. The molecule has 11 heteroatoms. The predicted octanol–water partition coefficient (Wildman–Crippen LogP) is 4.09. The van der Waals surface area contributed by atoms with Crippen LogP contribution in [0.2, 0.25) is 0 Å². The molecule has 0 bridgehead atoms. The molecule has 0 saturated carbocycles. The minimum absolute atomic E-state index is 0.168. The zero-order chi connectivity index (χ0) is 31.4. The Kier molecular flexibility index (Phi) is 8.96. The number of carboxylic acid groups (broad SMARTS) is 1. The van der Waals surface area contributed by atoms with E-state index in [2.05, 4.69) is 4.99 Å². The number of aromatic carboxylic acids is 1. The molecule has 5 rings (SSSR count). The highest BCUT2D eigenvalue weighted by Crippen LogP contribution is 2.37. The third-order valence-electron chi connectivity index (χ3n) is 7.01. The Bertz CT molecular complexity index is 1940. The van der Waals surface area contributed by atoms with Gasteiger partial charge in [-0.25, -0.2) is 14.6 Å². The number of benzene rings is 3. The lowest BCUT2D eigenvalue weighted by Gasteiger charge is -2.26. The van der Waals surface area contributed by atoms with Gasteiger partial charge in [-0.2, -0.15) is 0 Å². The van der Waals surface area contributed by atoms with Crippen LogP contribution in [0, 0.1) is 0 Å². The Morgan fingerprint density at radius 1 is 1.02 bits per heavy atom. The SMILES string of the molecule is CCOC(=O)C1=C(C)N=c2s/c(=C\c3ccc(OCc4cccc(C(=O)O)c4)cc3)c(=O)n2[C@H]1c1ccc(OC)cc1OC.